The number of hydrogen-bond acceptors (Lipinski definition) is 1. The van der Waals surface area contributed by atoms with Crippen LogP contribution in [0.15, 0.2) is 91.0 Å². The molecule has 146 valence electrons. The summed E-state index contributed by atoms with van der Waals surface area (Å²) in [6, 6.07) is 32.0. The minimum atomic E-state index is -2.14. The Kier molecular flexibility index (Phi) is 7.83. The van der Waals surface area contributed by atoms with Crippen molar-refractivity contribution >= 4 is 23.2 Å². The van der Waals surface area contributed by atoms with Crippen LogP contribution in [0.4, 0.5) is 0 Å². The van der Waals surface area contributed by atoms with Gasteiger partial charge in [0, 0.05) is 6.42 Å². The van der Waals surface area contributed by atoms with E-state index in [0.29, 0.717) is 0 Å². The summed E-state index contributed by atoms with van der Waals surface area (Å²) in [6.45, 7) is 2.24. The first-order valence-corrected chi connectivity index (χ1v) is 12.4. The zero-order valence-electron chi connectivity index (χ0n) is 16.9. The molecule has 3 rings (SSSR count). The van der Waals surface area contributed by atoms with Gasteiger partial charge in [-0.15, -0.1) is 0 Å². The van der Waals surface area contributed by atoms with Crippen molar-refractivity contribution in [3.05, 3.63) is 91.0 Å². The fourth-order valence-electron chi connectivity index (χ4n) is 4.08. The third-order valence-corrected chi connectivity index (χ3v) is 9.99. The highest BCUT2D eigenvalue weighted by molar-refractivity contribution is 7.96. The molecule has 0 aliphatic heterocycles. The zero-order chi connectivity index (χ0) is 19.7. The highest BCUT2D eigenvalue weighted by Gasteiger charge is 2.51. The molecule has 3 aromatic carbocycles. The third-order valence-electron chi connectivity index (χ3n) is 5.50. The summed E-state index contributed by atoms with van der Waals surface area (Å²) >= 11 is 0. The van der Waals surface area contributed by atoms with Crippen molar-refractivity contribution in [2.75, 3.05) is 0 Å². The fraction of sp³-hybridized carbons (Fsp3) is 0.308. The maximum atomic E-state index is 11.7. The van der Waals surface area contributed by atoms with E-state index in [1.54, 1.807) is 0 Å². The van der Waals surface area contributed by atoms with Crippen molar-refractivity contribution in [2.24, 2.45) is 0 Å². The number of benzene rings is 3. The van der Waals surface area contributed by atoms with E-state index >= 15 is 0 Å². The first-order chi connectivity index (χ1) is 13.8. The zero-order valence-corrected chi connectivity index (χ0v) is 17.8. The molecule has 0 amide bonds. The molecule has 1 unspecified atom stereocenters. The van der Waals surface area contributed by atoms with Gasteiger partial charge in [-0.25, -0.2) is 0 Å². The van der Waals surface area contributed by atoms with Crippen molar-refractivity contribution in [2.45, 2.75) is 51.3 Å². The Morgan fingerprint density at radius 3 is 1.39 bits per heavy atom. The first-order valence-electron chi connectivity index (χ1n) is 10.5. The maximum absolute atomic E-state index is 11.7. The lowest BCUT2D eigenvalue weighted by Gasteiger charge is -2.31. The van der Waals surface area contributed by atoms with Gasteiger partial charge in [0.15, 0.2) is 5.85 Å². The van der Waals surface area contributed by atoms with Crippen molar-refractivity contribution in [1.29, 1.82) is 0 Å². The van der Waals surface area contributed by atoms with Gasteiger partial charge in [0.2, 0.25) is 0 Å². The largest absolute Gasteiger partial charge is 0.358 e. The number of hydrogen-bond donors (Lipinski definition) is 1. The molecule has 2 heteroatoms. The molecule has 1 nitrogen and oxygen atoms in total. The highest BCUT2D eigenvalue weighted by atomic mass is 31.2. The second kappa shape index (κ2) is 10.6. The van der Waals surface area contributed by atoms with E-state index in [9.17, 15) is 5.11 Å². The lowest BCUT2D eigenvalue weighted by atomic mass is 10.1. The standard InChI is InChI=1S/C26H32OP/c1-2-3-4-5-15-22-26(27)28(23-16-9-6-10-17-23,24-18-11-7-12-19-24)25-20-13-8-14-21-25/h6-14,16-21,26-27H,2-5,15,22H2,1H3/q+1. The molecule has 0 aromatic heterocycles. The van der Waals surface area contributed by atoms with Crippen molar-refractivity contribution < 1.29 is 5.11 Å². The van der Waals surface area contributed by atoms with E-state index in [1.165, 1.54) is 41.6 Å². The van der Waals surface area contributed by atoms with Crippen LogP contribution < -0.4 is 15.9 Å². The quantitative estimate of drug-likeness (QED) is 0.349. The summed E-state index contributed by atoms with van der Waals surface area (Å²) in [4.78, 5) is 0. The minimum absolute atomic E-state index is 0.374. The van der Waals surface area contributed by atoms with Crippen LogP contribution in [0.2, 0.25) is 0 Å². The van der Waals surface area contributed by atoms with Crippen molar-refractivity contribution in [3.8, 4) is 0 Å². The van der Waals surface area contributed by atoms with Gasteiger partial charge in [-0.2, -0.15) is 0 Å². The molecule has 0 radical (unpaired) electrons. The Hall–Kier alpha value is -1.95. The Morgan fingerprint density at radius 1 is 0.607 bits per heavy atom. The van der Waals surface area contributed by atoms with Gasteiger partial charge >= 0.3 is 0 Å². The van der Waals surface area contributed by atoms with Crippen LogP contribution in [0.5, 0.6) is 0 Å². The van der Waals surface area contributed by atoms with E-state index in [2.05, 4.69) is 97.9 Å². The van der Waals surface area contributed by atoms with Crippen molar-refractivity contribution in [1.82, 2.24) is 0 Å². The summed E-state index contributed by atoms with van der Waals surface area (Å²) in [5.74, 6) is -0.374. The molecule has 28 heavy (non-hydrogen) atoms. The molecule has 3 aromatic rings. The van der Waals surface area contributed by atoms with Gasteiger partial charge in [0.05, 0.1) is 0 Å². The van der Waals surface area contributed by atoms with Gasteiger partial charge in [-0.05, 0) is 42.8 Å². The van der Waals surface area contributed by atoms with E-state index < -0.39 is 7.26 Å². The van der Waals surface area contributed by atoms with Crippen LogP contribution in [0.1, 0.15) is 45.4 Å². The van der Waals surface area contributed by atoms with E-state index in [0.717, 1.165) is 12.8 Å². The first kappa shape index (κ1) is 20.8. The Balaban J connectivity index is 2.06. The molecule has 0 saturated heterocycles. The smallest absolute Gasteiger partial charge is 0.178 e. The predicted molar refractivity (Wildman–Crippen MR) is 125 cm³/mol. The van der Waals surface area contributed by atoms with Crippen LogP contribution in [0.3, 0.4) is 0 Å². The normalized spacial score (nSPS) is 12.6. The Labute approximate surface area is 170 Å². The summed E-state index contributed by atoms with van der Waals surface area (Å²) < 4.78 is 0. The van der Waals surface area contributed by atoms with Crippen LogP contribution >= 0.6 is 7.26 Å². The van der Waals surface area contributed by atoms with Crippen LogP contribution in [0.25, 0.3) is 0 Å². The number of aliphatic hydroxyl groups excluding tert-OH is 1. The SMILES string of the molecule is CCCCCCCC(O)[P+](c1ccccc1)(c1ccccc1)c1ccccc1. The van der Waals surface area contributed by atoms with Crippen LogP contribution in [-0.4, -0.2) is 11.0 Å². The minimum Gasteiger partial charge on any atom is -0.358 e. The molecule has 0 spiro atoms. The molecule has 0 fully saturated rings. The fourth-order valence-corrected chi connectivity index (χ4v) is 8.50. The van der Waals surface area contributed by atoms with Gasteiger partial charge in [0.25, 0.3) is 0 Å². The van der Waals surface area contributed by atoms with Crippen molar-refractivity contribution in [3.63, 3.8) is 0 Å². The number of aliphatic hydroxyl groups is 1. The van der Waals surface area contributed by atoms with Crippen LogP contribution in [-0.2, 0) is 0 Å². The van der Waals surface area contributed by atoms with Gasteiger partial charge in [-0.1, -0.05) is 87.2 Å². The lowest BCUT2D eigenvalue weighted by molar-refractivity contribution is 0.241. The monoisotopic (exact) mass is 391 g/mol. The number of unbranched alkanes of at least 4 members (excludes halogenated alkanes) is 4. The third kappa shape index (κ3) is 4.54. The Morgan fingerprint density at radius 2 is 1.00 bits per heavy atom. The second-order valence-corrected chi connectivity index (χ2v) is 11.0. The predicted octanol–water partition coefficient (Wildman–Crippen LogP) is 5.66. The molecule has 1 atom stereocenters. The summed E-state index contributed by atoms with van der Waals surface area (Å²) in [5.41, 5.74) is 0. The molecule has 0 aliphatic carbocycles. The van der Waals surface area contributed by atoms with E-state index in [4.69, 9.17) is 0 Å². The lowest BCUT2D eigenvalue weighted by Crippen LogP contribution is -2.38. The molecule has 1 N–H and O–H groups in total. The van der Waals surface area contributed by atoms with Gasteiger partial charge in [0.1, 0.15) is 23.2 Å². The molecular formula is C26H32OP+. The second-order valence-electron chi connectivity index (χ2n) is 7.41. The average molecular weight is 392 g/mol. The summed E-state index contributed by atoms with van der Waals surface area (Å²) in [6.07, 6.45) is 6.91. The van der Waals surface area contributed by atoms with Gasteiger partial charge < -0.3 is 5.11 Å². The average Bonchev–Trinajstić information content (AvgIpc) is 2.76. The molecule has 0 saturated carbocycles. The van der Waals surface area contributed by atoms with E-state index in [-0.39, 0.29) is 5.85 Å². The molecule has 0 bridgehead atoms. The van der Waals surface area contributed by atoms with Gasteiger partial charge in [-0.3, -0.25) is 0 Å². The molecular weight excluding hydrogens is 359 g/mol. The summed E-state index contributed by atoms with van der Waals surface area (Å²) in [7, 11) is -2.14. The molecule has 0 aliphatic rings. The highest BCUT2D eigenvalue weighted by Crippen LogP contribution is 2.60. The molecule has 0 heterocycles. The van der Waals surface area contributed by atoms with Crippen LogP contribution in [0, 0.1) is 0 Å². The topological polar surface area (TPSA) is 20.2 Å². The summed E-state index contributed by atoms with van der Waals surface area (Å²) in [5, 5.41) is 15.5. The van der Waals surface area contributed by atoms with E-state index in [1.807, 2.05) is 0 Å². The number of rotatable bonds is 10. The Bertz CT molecular complexity index is 705. The maximum Gasteiger partial charge on any atom is 0.178 e.